The molecule has 2 N–H and O–H groups in total. The second-order valence-electron chi connectivity index (χ2n) is 10.4. The molecule has 30 heavy (non-hydrogen) atoms. The fourth-order valence-corrected chi connectivity index (χ4v) is 3.46. The van der Waals surface area contributed by atoms with Crippen LogP contribution in [0.1, 0.15) is 52.9 Å². The Labute approximate surface area is 179 Å². The van der Waals surface area contributed by atoms with Crippen molar-refractivity contribution in [2.45, 2.75) is 54.4 Å². The van der Waals surface area contributed by atoms with E-state index in [0.29, 0.717) is 0 Å². The molecule has 4 heteroatoms. The molecule has 0 unspecified atom stereocenters. The maximum absolute atomic E-state index is 9.73. The number of benzene rings is 2. The first kappa shape index (κ1) is 21.8. The average Bonchev–Trinajstić information content (AvgIpc) is 2.62. The molecule has 0 saturated carbocycles. The van der Waals surface area contributed by atoms with E-state index in [2.05, 4.69) is 41.5 Å². The summed E-state index contributed by atoms with van der Waals surface area (Å²) >= 11 is 0. The molecule has 0 aliphatic heterocycles. The topological polar surface area (TPSA) is 66.2 Å². The molecular formula is C26H32N2O2. The van der Waals surface area contributed by atoms with Gasteiger partial charge in [-0.15, -0.1) is 0 Å². The summed E-state index contributed by atoms with van der Waals surface area (Å²) < 4.78 is 0. The second-order valence-corrected chi connectivity index (χ2v) is 10.4. The van der Waals surface area contributed by atoms with Crippen LogP contribution in [0.25, 0.3) is 22.5 Å². The van der Waals surface area contributed by atoms with Crippen molar-refractivity contribution in [2.75, 3.05) is 0 Å². The first-order valence-electron chi connectivity index (χ1n) is 10.4. The van der Waals surface area contributed by atoms with Crippen molar-refractivity contribution in [1.82, 2.24) is 9.97 Å². The zero-order chi connectivity index (χ0) is 22.1. The fourth-order valence-electron chi connectivity index (χ4n) is 3.46. The van der Waals surface area contributed by atoms with Gasteiger partial charge in [0, 0.05) is 11.1 Å². The van der Waals surface area contributed by atoms with Crippen molar-refractivity contribution >= 4 is 0 Å². The number of phenolic OH excluding ortho intramolecular Hbond substituents is 2. The van der Waals surface area contributed by atoms with Crippen molar-refractivity contribution in [3.05, 3.63) is 59.9 Å². The summed E-state index contributed by atoms with van der Waals surface area (Å²) in [5.74, 6) is 0.472. The van der Waals surface area contributed by atoms with E-state index in [1.54, 1.807) is 24.3 Å². The van der Waals surface area contributed by atoms with Crippen LogP contribution in [0.3, 0.4) is 0 Å². The van der Waals surface area contributed by atoms with Crippen molar-refractivity contribution in [1.29, 1.82) is 0 Å². The van der Waals surface area contributed by atoms with Gasteiger partial charge in [0.2, 0.25) is 0 Å². The summed E-state index contributed by atoms with van der Waals surface area (Å²) in [6, 6.07) is 14.3. The van der Waals surface area contributed by atoms with Crippen molar-refractivity contribution in [3.8, 4) is 34.0 Å². The molecule has 0 bridgehead atoms. The predicted molar refractivity (Wildman–Crippen MR) is 123 cm³/mol. The van der Waals surface area contributed by atoms with Crippen LogP contribution >= 0.6 is 0 Å². The normalized spacial score (nSPS) is 12.2. The summed E-state index contributed by atoms with van der Waals surface area (Å²) in [4.78, 5) is 10.3. The maximum Gasteiger partial charge on any atom is 0.115 e. The van der Waals surface area contributed by atoms with Crippen molar-refractivity contribution in [2.24, 2.45) is 10.8 Å². The Morgan fingerprint density at radius 2 is 0.867 bits per heavy atom. The Morgan fingerprint density at radius 3 is 1.13 bits per heavy atom. The zero-order valence-corrected chi connectivity index (χ0v) is 18.8. The third-order valence-electron chi connectivity index (χ3n) is 4.72. The van der Waals surface area contributed by atoms with Crippen LogP contribution in [0.2, 0.25) is 0 Å². The third kappa shape index (κ3) is 5.59. The molecule has 0 spiro atoms. The second kappa shape index (κ2) is 8.10. The Kier molecular flexibility index (Phi) is 5.89. The summed E-state index contributed by atoms with van der Waals surface area (Å²) in [5.41, 5.74) is 5.59. The number of aromatic hydroxyl groups is 2. The molecule has 0 fully saturated rings. The van der Waals surface area contributed by atoms with E-state index in [0.717, 1.165) is 46.7 Å². The van der Waals surface area contributed by atoms with Gasteiger partial charge in [-0.3, -0.25) is 0 Å². The Balaban J connectivity index is 2.26. The van der Waals surface area contributed by atoms with E-state index in [9.17, 15) is 10.2 Å². The summed E-state index contributed by atoms with van der Waals surface area (Å²) in [7, 11) is 0. The highest BCUT2D eigenvalue weighted by Crippen LogP contribution is 2.34. The molecule has 1 aromatic heterocycles. The van der Waals surface area contributed by atoms with Crippen molar-refractivity contribution < 1.29 is 10.2 Å². The first-order valence-corrected chi connectivity index (χ1v) is 10.4. The van der Waals surface area contributed by atoms with E-state index in [4.69, 9.17) is 9.97 Å². The van der Waals surface area contributed by atoms with Gasteiger partial charge in [-0.1, -0.05) is 41.5 Å². The molecule has 3 aromatic rings. The van der Waals surface area contributed by atoms with E-state index in [1.165, 1.54) is 0 Å². The van der Waals surface area contributed by atoms with Gasteiger partial charge >= 0.3 is 0 Å². The molecule has 0 radical (unpaired) electrons. The van der Waals surface area contributed by atoms with Gasteiger partial charge in [-0.2, -0.15) is 0 Å². The van der Waals surface area contributed by atoms with Crippen molar-refractivity contribution in [3.63, 3.8) is 0 Å². The number of hydrogen-bond acceptors (Lipinski definition) is 4. The van der Waals surface area contributed by atoms with Gasteiger partial charge in [-0.25, -0.2) is 9.97 Å². The van der Waals surface area contributed by atoms with Crippen LogP contribution < -0.4 is 0 Å². The van der Waals surface area contributed by atoms with Gasteiger partial charge in [-0.05, 0) is 72.2 Å². The van der Waals surface area contributed by atoms with E-state index < -0.39 is 0 Å². The predicted octanol–water partition coefficient (Wildman–Crippen LogP) is 6.40. The monoisotopic (exact) mass is 404 g/mol. The molecule has 0 amide bonds. The first-order chi connectivity index (χ1) is 13.9. The molecule has 2 aromatic carbocycles. The molecule has 1 heterocycles. The molecule has 0 atom stereocenters. The Bertz CT molecular complexity index is 924. The lowest BCUT2D eigenvalue weighted by Gasteiger charge is -2.24. The Hall–Kier alpha value is -2.88. The van der Waals surface area contributed by atoms with Gasteiger partial charge in [0.15, 0.2) is 0 Å². The van der Waals surface area contributed by atoms with Gasteiger partial charge < -0.3 is 10.2 Å². The molecule has 0 saturated heterocycles. The molecule has 158 valence electrons. The number of nitrogens with zero attached hydrogens (tertiary/aromatic N) is 2. The van der Waals surface area contributed by atoms with Crippen LogP contribution in [0.15, 0.2) is 48.5 Å². The SMILES string of the molecule is CC(C)(C)Cc1nc(-c2ccc(O)cc2)c(CC(C)(C)C)nc1-c1ccc(O)cc1. The lowest BCUT2D eigenvalue weighted by atomic mass is 9.86. The molecule has 4 nitrogen and oxygen atoms in total. The number of rotatable bonds is 4. The summed E-state index contributed by atoms with van der Waals surface area (Å²) in [6.07, 6.45) is 1.55. The largest absolute Gasteiger partial charge is 0.508 e. The number of aromatic nitrogens is 2. The molecule has 3 rings (SSSR count). The van der Waals surface area contributed by atoms with E-state index in [-0.39, 0.29) is 22.3 Å². The minimum atomic E-state index is 0.0398. The highest BCUT2D eigenvalue weighted by atomic mass is 16.3. The lowest BCUT2D eigenvalue weighted by Crippen LogP contribution is -2.17. The number of hydrogen-bond donors (Lipinski definition) is 2. The maximum atomic E-state index is 9.73. The van der Waals surface area contributed by atoms with Gasteiger partial charge in [0.05, 0.1) is 22.8 Å². The van der Waals surface area contributed by atoms with Gasteiger partial charge in [0.1, 0.15) is 11.5 Å². The van der Waals surface area contributed by atoms with Gasteiger partial charge in [0.25, 0.3) is 0 Å². The molecule has 0 aliphatic rings. The standard InChI is InChI=1S/C26H32N2O2/c1-25(2,3)15-21-23(17-7-11-19(29)12-8-17)28-22(16-26(4,5)6)24(27-21)18-9-13-20(30)14-10-18/h7-14,29-30H,15-16H2,1-6H3. The van der Waals surface area contributed by atoms with Crippen LogP contribution in [0, 0.1) is 10.8 Å². The quantitative estimate of drug-likeness (QED) is 0.528. The highest BCUT2D eigenvalue weighted by Gasteiger charge is 2.23. The van der Waals surface area contributed by atoms with E-state index in [1.807, 2.05) is 24.3 Å². The Morgan fingerprint density at radius 1 is 0.567 bits per heavy atom. The van der Waals surface area contributed by atoms with Crippen LogP contribution in [-0.4, -0.2) is 20.2 Å². The van der Waals surface area contributed by atoms with E-state index >= 15 is 0 Å². The molecular weight excluding hydrogens is 372 g/mol. The number of phenols is 2. The summed E-state index contributed by atoms with van der Waals surface area (Å²) in [5, 5.41) is 19.5. The molecule has 0 aliphatic carbocycles. The third-order valence-corrected chi connectivity index (χ3v) is 4.72. The minimum absolute atomic E-state index is 0.0398. The van der Waals surface area contributed by atoms with Crippen LogP contribution in [0.5, 0.6) is 11.5 Å². The fraction of sp³-hybridized carbons (Fsp3) is 0.385. The summed E-state index contributed by atoms with van der Waals surface area (Å²) in [6.45, 7) is 13.2. The highest BCUT2D eigenvalue weighted by molar-refractivity contribution is 5.69. The smallest absolute Gasteiger partial charge is 0.115 e. The van der Waals surface area contributed by atoms with Crippen LogP contribution in [-0.2, 0) is 12.8 Å². The lowest BCUT2D eigenvalue weighted by molar-refractivity contribution is 0.400. The van der Waals surface area contributed by atoms with Crippen LogP contribution in [0.4, 0.5) is 0 Å². The minimum Gasteiger partial charge on any atom is -0.508 e. The average molecular weight is 405 g/mol. The zero-order valence-electron chi connectivity index (χ0n) is 18.8.